The smallest absolute Gasteiger partial charge is 0.0224 e. The van der Waals surface area contributed by atoms with E-state index in [0.717, 1.165) is 11.9 Å². The molecule has 1 fully saturated rings. The van der Waals surface area contributed by atoms with Gasteiger partial charge in [0.15, 0.2) is 0 Å². The number of hydrogen-bond donors (Lipinski definition) is 0. The van der Waals surface area contributed by atoms with Crippen LogP contribution in [0.25, 0.3) is 0 Å². The zero-order valence-electron chi connectivity index (χ0n) is 10.2. The van der Waals surface area contributed by atoms with Gasteiger partial charge in [0.1, 0.15) is 0 Å². The van der Waals surface area contributed by atoms with Gasteiger partial charge in [-0.2, -0.15) is 0 Å². The van der Waals surface area contributed by atoms with Crippen molar-refractivity contribution in [2.24, 2.45) is 0 Å². The van der Waals surface area contributed by atoms with E-state index in [0.29, 0.717) is 0 Å². The number of halogens is 1. The highest BCUT2D eigenvalue weighted by atomic mass is 35.5. The Bertz CT molecular complexity index is 149. The van der Waals surface area contributed by atoms with E-state index in [1.165, 1.54) is 64.5 Å². The average molecular weight is 232 g/mol. The lowest BCUT2D eigenvalue weighted by Gasteiger charge is -2.24. The molecule has 0 saturated carbocycles. The molecule has 0 radical (unpaired) electrons. The Morgan fingerprint density at radius 1 is 1.20 bits per heavy atom. The minimum Gasteiger partial charge on any atom is -0.300 e. The van der Waals surface area contributed by atoms with Crippen molar-refractivity contribution in [2.75, 3.05) is 19.0 Å². The first kappa shape index (κ1) is 13.3. The van der Waals surface area contributed by atoms with E-state index in [2.05, 4.69) is 11.8 Å². The van der Waals surface area contributed by atoms with Crippen molar-refractivity contribution in [3.05, 3.63) is 0 Å². The van der Waals surface area contributed by atoms with Gasteiger partial charge in [0.2, 0.25) is 0 Å². The highest BCUT2D eigenvalue weighted by molar-refractivity contribution is 6.17. The molecule has 1 nitrogen and oxygen atoms in total. The lowest BCUT2D eigenvalue weighted by Crippen LogP contribution is -2.30. The van der Waals surface area contributed by atoms with Gasteiger partial charge in [0.25, 0.3) is 0 Å². The number of unbranched alkanes of at least 4 members (excludes halogenated alkanes) is 3. The Morgan fingerprint density at radius 3 is 2.80 bits per heavy atom. The summed E-state index contributed by atoms with van der Waals surface area (Å²) in [5.41, 5.74) is 0. The molecule has 0 N–H and O–H groups in total. The summed E-state index contributed by atoms with van der Waals surface area (Å²) in [5.74, 6) is 0.834. The summed E-state index contributed by atoms with van der Waals surface area (Å²) in [7, 11) is 0. The van der Waals surface area contributed by atoms with Crippen molar-refractivity contribution < 1.29 is 0 Å². The van der Waals surface area contributed by atoms with E-state index in [1.807, 2.05) is 0 Å². The molecule has 15 heavy (non-hydrogen) atoms. The van der Waals surface area contributed by atoms with Gasteiger partial charge in [-0.15, -0.1) is 11.6 Å². The Kier molecular flexibility index (Phi) is 7.46. The Hall–Kier alpha value is 0.250. The van der Waals surface area contributed by atoms with Crippen LogP contribution < -0.4 is 0 Å². The Morgan fingerprint density at radius 2 is 2.07 bits per heavy atom. The fourth-order valence-electron chi connectivity index (χ4n) is 2.57. The quantitative estimate of drug-likeness (QED) is 0.450. The van der Waals surface area contributed by atoms with E-state index >= 15 is 0 Å². The molecule has 0 amide bonds. The molecule has 0 aromatic rings. The second-order valence-electron chi connectivity index (χ2n) is 4.72. The zero-order chi connectivity index (χ0) is 10.9. The summed E-state index contributed by atoms with van der Waals surface area (Å²) in [4.78, 5) is 2.70. The summed E-state index contributed by atoms with van der Waals surface area (Å²) in [6.07, 6.45) is 10.9. The first-order valence-electron chi connectivity index (χ1n) is 6.68. The highest BCUT2D eigenvalue weighted by Gasteiger charge is 2.22. The number of nitrogens with zero attached hydrogens (tertiary/aromatic N) is 1. The molecular formula is C13H26ClN. The van der Waals surface area contributed by atoms with E-state index < -0.39 is 0 Å². The maximum Gasteiger partial charge on any atom is 0.0224 e. The normalized spacial score (nSPS) is 22.4. The minimum absolute atomic E-state index is 0.834. The van der Waals surface area contributed by atoms with Crippen LogP contribution in [0.5, 0.6) is 0 Å². The summed E-state index contributed by atoms with van der Waals surface area (Å²) >= 11 is 5.75. The van der Waals surface area contributed by atoms with Gasteiger partial charge in [-0.25, -0.2) is 0 Å². The Labute approximate surface area is 100 Å². The molecule has 90 valence electrons. The van der Waals surface area contributed by atoms with Gasteiger partial charge in [0, 0.05) is 11.9 Å². The summed E-state index contributed by atoms with van der Waals surface area (Å²) in [6.45, 7) is 4.94. The van der Waals surface area contributed by atoms with Crippen molar-refractivity contribution in [1.82, 2.24) is 4.90 Å². The number of alkyl halides is 1. The van der Waals surface area contributed by atoms with Crippen LogP contribution in [-0.4, -0.2) is 29.9 Å². The standard InChI is InChI=1S/C13H26ClN/c1-2-3-4-5-11-15-12-7-9-13(15)8-6-10-14/h13H,2-12H2,1H3. The third-order valence-electron chi connectivity index (χ3n) is 3.47. The molecule has 0 spiro atoms. The van der Waals surface area contributed by atoms with Crippen LogP contribution in [0.3, 0.4) is 0 Å². The molecule has 0 aliphatic carbocycles. The van der Waals surface area contributed by atoms with Crippen LogP contribution in [0.15, 0.2) is 0 Å². The number of hydrogen-bond acceptors (Lipinski definition) is 1. The fraction of sp³-hybridized carbons (Fsp3) is 1.00. The van der Waals surface area contributed by atoms with Crippen molar-refractivity contribution in [1.29, 1.82) is 0 Å². The molecule has 1 rings (SSSR count). The van der Waals surface area contributed by atoms with E-state index in [-0.39, 0.29) is 0 Å². The average Bonchev–Trinajstić information content (AvgIpc) is 2.69. The van der Waals surface area contributed by atoms with Crippen LogP contribution in [0.4, 0.5) is 0 Å². The predicted octanol–water partition coefficient (Wildman–Crippen LogP) is 4.05. The highest BCUT2D eigenvalue weighted by Crippen LogP contribution is 2.22. The van der Waals surface area contributed by atoms with Crippen molar-refractivity contribution in [3.63, 3.8) is 0 Å². The lowest BCUT2D eigenvalue weighted by atomic mass is 10.1. The van der Waals surface area contributed by atoms with Crippen molar-refractivity contribution in [3.8, 4) is 0 Å². The van der Waals surface area contributed by atoms with Crippen LogP contribution in [0, 0.1) is 0 Å². The minimum atomic E-state index is 0.834. The van der Waals surface area contributed by atoms with E-state index in [4.69, 9.17) is 11.6 Å². The third kappa shape index (κ3) is 5.21. The summed E-state index contributed by atoms with van der Waals surface area (Å²) in [6, 6.07) is 0.852. The van der Waals surface area contributed by atoms with Crippen molar-refractivity contribution >= 4 is 11.6 Å². The molecule has 1 atom stereocenters. The molecule has 0 aromatic carbocycles. The van der Waals surface area contributed by atoms with Crippen molar-refractivity contribution in [2.45, 2.75) is 64.3 Å². The van der Waals surface area contributed by atoms with Gasteiger partial charge in [0.05, 0.1) is 0 Å². The van der Waals surface area contributed by atoms with Crippen LogP contribution in [0.2, 0.25) is 0 Å². The van der Waals surface area contributed by atoms with Gasteiger partial charge < -0.3 is 4.90 Å². The second kappa shape index (κ2) is 8.41. The van der Waals surface area contributed by atoms with Gasteiger partial charge in [-0.3, -0.25) is 0 Å². The van der Waals surface area contributed by atoms with Crippen LogP contribution in [-0.2, 0) is 0 Å². The van der Waals surface area contributed by atoms with E-state index in [1.54, 1.807) is 0 Å². The molecule has 1 unspecified atom stereocenters. The lowest BCUT2D eigenvalue weighted by molar-refractivity contribution is 0.237. The molecule has 2 heteroatoms. The summed E-state index contributed by atoms with van der Waals surface area (Å²) in [5, 5.41) is 0. The van der Waals surface area contributed by atoms with Gasteiger partial charge >= 0.3 is 0 Å². The first-order chi connectivity index (χ1) is 7.38. The van der Waals surface area contributed by atoms with Crippen LogP contribution >= 0.6 is 11.6 Å². The SMILES string of the molecule is CCCCCCN1CCCC1CCCCl. The number of rotatable bonds is 8. The number of likely N-dealkylation sites (tertiary alicyclic amines) is 1. The van der Waals surface area contributed by atoms with Crippen LogP contribution in [0.1, 0.15) is 58.3 Å². The second-order valence-corrected chi connectivity index (χ2v) is 5.10. The molecule has 1 aliphatic rings. The first-order valence-corrected chi connectivity index (χ1v) is 7.22. The third-order valence-corrected chi connectivity index (χ3v) is 3.74. The summed E-state index contributed by atoms with van der Waals surface area (Å²) < 4.78 is 0. The Balaban J connectivity index is 2.09. The molecule has 1 heterocycles. The largest absolute Gasteiger partial charge is 0.300 e. The van der Waals surface area contributed by atoms with Gasteiger partial charge in [-0.1, -0.05) is 26.2 Å². The molecule has 0 aromatic heterocycles. The fourth-order valence-corrected chi connectivity index (χ4v) is 2.73. The van der Waals surface area contributed by atoms with Gasteiger partial charge in [-0.05, 0) is 45.2 Å². The molecule has 0 bridgehead atoms. The monoisotopic (exact) mass is 231 g/mol. The topological polar surface area (TPSA) is 3.24 Å². The van der Waals surface area contributed by atoms with E-state index in [9.17, 15) is 0 Å². The molecular weight excluding hydrogens is 206 g/mol. The predicted molar refractivity (Wildman–Crippen MR) is 68.7 cm³/mol. The zero-order valence-corrected chi connectivity index (χ0v) is 10.9. The molecule has 1 aliphatic heterocycles. The molecule has 1 saturated heterocycles. The maximum atomic E-state index is 5.75. The maximum absolute atomic E-state index is 5.75.